The molecule has 1 heterocycles. The molecule has 0 aromatic rings. The third-order valence-corrected chi connectivity index (χ3v) is 8.05. The second-order valence-corrected chi connectivity index (χ2v) is 12.1. The van der Waals surface area contributed by atoms with Crippen LogP contribution in [0.25, 0.3) is 0 Å². The first kappa shape index (κ1) is 30.3. The Hall–Kier alpha value is -1.92. The van der Waals surface area contributed by atoms with Gasteiger partial charge in [0.1, 0.15) is 6.04 Å². The molecule has 3 amide bonds. The number of aliphatic hydroxyl groups is 1. The van der Waals surface area contributed by atoms with Crippen LogP contribution < -0.4 is 16.0 Å². The van der Waals surface area contributed by atoms with Gasteiger partial charge in [0.15, 0.2) is 0 Å². The number of hydrogen-bond acceptors (Lipinski definition) is 7. The van der Waals surface area contributed by atoms with Crippen molar-refractivity contribution < 1.29 is 37.2 Å². The molecule has 0 bridgehead atoms. The highest BCUT2D eigenvalue weighted by atomic mass is 32.2. The zero-order chi connectivity index (χ0) is 26.9. The van der Waals surface area contributed by atoms with E-state index in [2.05, 4.69) is 22.9 Å². The molecule has 0 aromatic carbocycles. The number of ether oxygens (including phenoxy) is 1. The van der Waals surface area contributed by atoms with Gasteiger partial charge in [-0.15, -0.1) is 0 Å². The molecule has 0 radical (unpaired) electrons. The summed E-state index contributed by atoms with van der Waals surface area (Å²) in [6.45, 7) is 6.56. The Morgan fingerprint density at radius 2 is 1.75 bits per heavy atom. The lowest BCUT2D eigenvalue weighted by Crippen LogP contribution is -2.55. The summed E-state index contributed by atoms with van der Waals surface area (Å²) in [5.74, 6) is -0.651. The molecule has 5 N–H and O–H groups in total. The normalized spacial score (nSPS) is 25.1. The molecule has 1 aliphatic carbocycles. The number of alkyl carbamates (subject to hydrolysis) is 1. The largest absolute Gasteiger partial charge is 0.449 e. The quantitative estimate of drug-likeness (QED) is 0.224. The summed E-state index contributed by atoms with van der Waals surface area (Å²) in [5, 5.41) is 17.8. The lowest BCUT2D eigenvalue weighted by atomic mass is 9.80. The molecule has 12 heteroatoms. The number of aliphatic hydroxyl groups excluding tert-OH is 1. The number of nitrogens with one attached hydrogen (secondary N) is 3. The number of hydrogen-bond donors (Lipinski definition) is 5. The zero-order valence-corrected chi connectivity index (χ0v) is 22.4. The highest BCUT2D eigenvalue weighted by Crippen LogP contribution is 2.31. The van der Waals surface area contributed by atoms with Crippen molar-refractivity contribution in [2.45, 2.75) is 96.1 Å². The van der Waals surface area contributed by atoms with Crippen LogP contribution in [0.4, 0.5) is 4.79 Å². The van der Waals surface area contributed by atoms with E-state index in [1.165, 1.54) is 12.8 Å². The average Bonchev–Trinajstić information content (AvgIpc) is 3.20. The van der Waals surface area contributed by atoms with E-state index in [0.29, 0.717) is 13.0 Å². The van der Waals surface area contributed by atoms with E-state index in [1.807, 2.05) is 13.8 Å². The van der Waals surface area contributed by atoms with Crippen LogP contribution in [-0.4, -0.2) is 66.7 Å². The summed E-state index contributed by atoms with van der Waals surface area (Å²) in [5.41, 5.74) is -2.32. The second-order valence-electron chi connectivity index (χ2n) is 10.6. The first-order valence-corrected chi connectivity index (χ1v) is 14.6. The van der Waals surface area contributed by atoms with Crippen LogP contribution in [0.1, 0.15) is 78.6 Å². The van der Waals surface area contributed by atoms with Gasteiger partial charge in [-0.25, -0.2) is 4.79 Å². The van der Waals surface area contributed by atoms with Gasteiger partial charge in [-0.1, -0.05) is 46.5 Å². The topological polar surface area (TPSA) is 171 Å². The first-order valence-electron chi connectivity index (χ1n) is 13.1. The molecule has 36 heavy (non-hydrogen) atoms. The van der Waals surface area contributed by atoms with Crippen LogP contribution in [0.15, 0.2) is 0 Å². The molecule has 0 aromatic heterocycles. The van der Waals surface area contributed by atoms with Gasteiger partial charge in [0, 0.05) is 12.5 Å². The highest BCUT2D eigenvalue weighted by Gasteiger charge is 2.38. The van der Waals surface area contributed by atoms with Gasteiger partial charge in [0.25, 0.3) is 10.1 Å². The van der Waals surface area contributed by atoms with Crippen molar-refractivity contribution in [2.24, 2.45) is 23.7 Å². The molecule has 1 saturated heterocycles. The van der Waals surface area contributed by atoms with Gasteiger partial charge in [-0.3, -0.25) is 14.1 Å². The lowest BCUT2D eigenvalue weighted by molar-refractivity contribution is -0.126. The number of carbonyl (C=O) groups is 3. The standard InChI is InChI=1S/C24H43N3O8S/c1-4-5-16-6-8-17(9-7-16)14-35-24(31)27-19(12-15(2)3)22(29)26-20(23(30)36(32,33)34)13-18-10-11-25-21(18)28/h15-20,23,30H,4-14H2,1-3H3,(H,25,28)(H,26,29)(H,27,31)(H,32,33,34)/t16?,17?,18-,19-,20-,23?/m0/s1. The first-order chi connectivity index (χ1) is 16.9. The summed E-state index contributed by atoms with van der Waals surface area (Å²) in [4.78, 5) is 37.5. The summed E-state index contributed by atoms with van der Waals surface area (Å²) in [6.07, 6.45) is 6.35. The predicted octanol–water partition coefficient (Wildman–Crippen LogP) is 1.95. The monoisotopic (exact) mass is 533 g/mol. The maximum Gasteiger partial charge on any atom is 0.407 e. The second kappa shape index (κ2) is 14.1. The molecule has 2 rings (SSSR count). The van der Waals surface area contributed by atoms with Crippen molar-refractivity contribution in [3.8, 4) is 0 Å². The maximum atomic E-state index is 13.0. The fourth-order valence-electron chi connectivity index (χ4n) is 5.09. The van der Waals surface area contributed by atoms with E-state index in [9.17, 15) is 32.5 Å². The molecule has 2 aliphatic rings. The summed E-state index contributed by atoms with van der Waals surface area (Å²) < 4.78 is 37.9. The van der Waals surface area contributed by atoms with Crippen molar-refractivity contribution in [3.63, 3.8) is 0 Å². The minimum absolute atomic E-state index is 0.000418. The van der Waals surface area contributed by atoms with E-state index in [4.69, 9.17) is 4.74 Å². The summed E-state index contributed by atoms with van der Waals surface area (Å²) in [7, 11) is -4.91. The van der Waals surface area contributed by atoms with Gasteiger partial charge in [-0.2, -0.15) is 8.42 Å². The molecule has 1 unspecified atom stereocenters. The Balaban J connectivity index is 1.97. The molecule has 4 atom stereocenters. The number of amides is 3. The summed E-state index contributed by atoms with van der Waals surface area (Å²) in [6, 6.07) is -2.49. The van der Waals surface area contributed by atoms with Crippen molar-refractivity contribution in [1.82, 2.24) is 16.0 Å². The van der Waals surface area contributed by atoms with E-state index in [1.54, 1.807) is 0 Å². The third-order valence-electron chi connectivity index (χ3n) is 7.11. The molecule has 1 aliphatic heterocycles. The van der Waals surface area contributed by atoms with Crippen LogP contribution in [0.2, 0.25) is 0 Å². The van der Waals surface area contributed by atoms with Gasteiger partial charge in [0.05, 0.1) is 12.6 Å². The van der Waals surface area contributed by atoms with Gasteiger partial charge in [0.2, 0.25) is 17.3 Å². The molecule has 11 nitrogen and oxygen atoms in total. The molecule has 1 saturated carbocycles. The zero-order valence-electron chi connectivity index (χ0n) is 21.6. The van der Waals surface area contributed by atoms with E-state index in [-0.39, 0.29) is 37.2 Å². The third kappa shape index (κ3) is 9.85. The number of carbonyl (C=O) groups excluding carboxylic acids is 3. The van der Waals surface area contributed by atoms with Crippen molar-refractivity contribution in [3.05, 3.63) is 0 Å². The maximum absolute atomic E-state index is 13.0. The molecule has 0 spiro atoms. The van der Waals surface area contributed by atoms with Crippen LogP contribution >= 0.6 is 0 Å². The molecular weight excluding hydrogens is 490 g/mol. The lowest BCUT2D eigenvalue weighted by Gasteiger charge is -2.29. The van der Waals surface area contributed by atoms with Crippen molar-refractivity contribution in [2.75, 3.05) is 13.2 Å². The van der Waals surface area contributed by atoms with Crippen LogP contribution in [0, 0.1) is 23.7 Å². The minimum atomic E-state index is -4.91. The van der Waals surface area contributed by atoms with E-state index >= 15 is 0 Å². The Kier molecular flexibility index (Phi) is 11.9. The number of rotatable bonds is 13. The van der Waals surface area contributed by atoms with Crippen LogP contribution in [0.3, 0.4) is 0 Å². The summed E-state index contributed by atoms with van der Waals surface area (Å²) >= 11 is 0. The van der Waals surface area contributed by atoms with Crippen LogP contribution in [-0.2, 0) is 24.4 Å². The Morgan fingerprint density at radius 3 is 2.28 bits per heavy atom. The highest BCUT2D eigenvalue weighted by molar-refractivity contribution is 7.86. The van der Waals surface area contributed by atoms with Gasteiger partial charge < -0.3 is 25.8 Å². The van der Waals surface area contributed by atoms with E-state index < -0.39 is 45.6 Å². The smallest absolute Gasteiger partial charge is 0.407 e. The minimum Gasteiger partial charge on any atom is -0.449 e. The molecular formula is C24H43N3O8S. The molecule has 2 fully saturated rings. The van der Waals surface area contributed by atoms with Gasteiger partial charge in [-0.05, 0) is 49.9 Å². The average molecular weight is 534 g/mol. The van der Waals surface area contributed by atoms with Crippen molar-refractivity contribution in [1.29, 1.82) is 0 Å². The van der Waals surface area contributed by atoms with Crippen molar-refractivity contribution >= 4 is 28.0 Å². The SMILES string of the molecule is CCCC1CCC(COC(=O)N[C@@H](CC(C)C)C(=O)N[C@@H](C[C@@H]2CCNC2=O)C(O)S(=O)(=O)O)CC1. The van der Waals surface area contributed by atoms with Crippen LogP contribution in [0.5, 0.6) is 0 Å². The molecule has 208 valence electrons. The predicted molar refractivity (Wildman–Crippen MR) is 133 cm³/mol. The van der Waals surface area contributed by atoms with E-state index in [0.717, 1.165) is 31.6 Å². The Bertz CT molecular complexity index is 842. The Morgan fingerprint density at radius 1 is 1.11 bits per heavy atom. The van der Waals surface area contributed by atoms with Gasteiger partial charge >= 0.3 is 6.09 Å². The fourth-order valence-corrected chi connectivity index (χ4v) is 5.68. The fraction of sp³-hybridized carbons (Fsp3) is 0.875. The Labute approximate surface area is 214 Å².